The number of benzene rings is 12. The zero-order chi connectivity index (χ0) is 51.5. The summed E-state index contributed by atoms with van der Waals surface area (Å²) in [5.74, 6) is 0. The maximum Gasteiger partial charge on any atom is 0.0714 e. The van der Waals surface area contributed by atoms with E-state index in [1.165, 1.54) is 94.1 Å². The molecule has 2 nitrogen and oxygen atoms in total. The molecule has 0 fully saturated rings. The molecular weight excluding hydrogens is 929 g/mol. The first-order valence-corrected chi connectivity index (χ1v) is 26.7. The fraction of sp³-hybridized carbons (Fsp3) is 0.0400. The summed E-state index contributed by atoms with van der Waals surface area (Å²) in [6, 6.07) is 108. The zero-order valence-corrected chi connectivity index (χ0v) is 43.1. The molecule has 1 aliphatic carbocycles. The topological polar surface area (TPSA) is 8.17 Å². The van der Waals surface area contributed by atoms with Crippen LogP contribution < -0.4 is 4.90 Å². The molecule has 0 spiro atoms. The van der Waals surface area contributed by atoms with Crippen molar-refractivity contribution in [1.82, 2.24) is 4.57 Å². The van der Waals surface area contributed by atoms with Gasteiger partial charge in [-0.05, 0) is 159 Å². The van der Waals surface area contributed by atoms with Crippen LogP contribution in [0.3, 0.4) is 0 Å². The molecule has 1 aliphatic rings. The third-order valence-corrected chi connectivity index (χ3v) is 16.0. The van der Waals surface area contributed by atoms with Crippen LogP contribution in [0.15, 0.2) is 291 Å². The Labute approximate surface area is 451 Å². The molecule has 0 aliphatic heterocycles. The second-order valence-corrected chi connectivity index (χ2v) is 20.6. The third kappa shape index (κ3) is 7.80. The van der Waals surface area contributed by atoms with Gasteiger partial charge in [-0.1, -0.05) is 230 Å². The summed E-state index contributed by atoms with van der Waals surface area (Å²) in [4.78, 5) is 2.47. The lowest BCUT2D eigenvalue weighted by Crippen LogP contribution is -2.28. The van der Waals surface area contributed by atoms with Gasteiger partial charge in [-0.3, -0.25) is 0 Å². The van der Waals surface area contributed by atoms with Gasteiger partial charge in [0.2, 0.25) is 0 Å². The highest BCUT2D eigenvalue weighted by molar-refractivity contribution is 6.10. The van der Waals surface area contributed by atoms with Crippen molar-refractivity contribution in [3.05, 3.63) is 325 Å². The Hall–Kier alpha value is -9.76. The Balaban J connectivity index is 0.871. The first-order valence-electron chi connectivity index (χ1n) is 26.7. The van der Waals surface area contributed by atoms with E-state index < -0.39 is 5.41 Å². The maximum absolute atomic E-state index is 2.47. The largest absolute Gasteiger partial charge is 0.310 e. The summed E-state index contributed by atoms with van der Waals surface area (Å²) in [7, 11) is 0. The molecule has 1 heterocycles. The Bertz CT molecular complexity index is 4190. The molecule has 14 rings (SSSR count). The minimum Gasteiger partial charge on any atom is -0.310 e. The summed E-state index contributed by atoms with van der Waals surface area (Å²) in [6.07, 6.45) is 0. The molecule has 0 radical (unpaired) electrons. The van der Waals surface area contributed by atoms with Crippen LogP contribution in [-0.2, 0) is 5.41 Å². The average molecular weight is 983 g/mol. The quantitative estimate of drug-likeness (QED) is 0.133. The second kappa shape index (κ2) is 18.9. The number of nitrogens with zero attached hydrogens (tertiary/aromatic N) is 2. The summed E-state index contributed by atoms with van der Waals surface area (Å²) in [5, 5.41) is 2.59. The summed E-state index contributed by atoms with van der Waals surface area (Å²) < 4.78 is 2.40. The Kier molecular flexibility index (Phi) is 11.2. The molecule has 0 saturated heterocycles. The van der Waals surface area contributed by atoms with Gasteiger partial charge in [0.25, 0.3) is 0 Å². The van der Waals surface area contributed by atoms with E-state index in [0.717, 1.165) is 39.4 Å². The van der Waals surface area contributed by atoms with Crippen molar-refractivity contribution in [2.24, 2.45) is 0 Å². The SMILES string of the molecule is Cc1ccc2c(c1)c1cc(C)ccc1n2-c1ccc(-c2ccc(-c3ccc(N(c4ccc5c(c4)C(c4ccccc4)(c4ccccc4)c4ccccc4-5)c4ccc(-c5ccccc5)cc4-c4ccccc4)cc3)cc2)cc1. The van der Waals surface area contributed by atoms with Crippen LogP contribution in [0.1, 0.15) is 33.4 Å². The van der Waals surface area contributed by atoms with Gasteiger partial charge < -0.3 is 9.47 Å². The highest BCUT2D eigenvalue weighted by Crippen LogP contribution is 2.57. The first-order chi connectivity index (χ1) is 38.0. The maximum atomic E-state index is 2.47. The molecule has 0 atom stereocenters. The molecule has 1 aromatic heterocycles. The van der Waals surface area contributed by atoms with E-state index in [0.29, 0.717) is 0 Å². The normalized spacial score (nSPS) is 12.4. The number of fused-ring (bicyclic) bond motifs is 6. The van der Waals surface area contributed by atoms with Gasteiger partial charge in [0.05, 0.1) is 22.1 Å². The number of anilines is 3. The van der Waals surface area contributed by atoms with Gasteiger partial charge in [-0.2, -0.15) is 0 Å². The minimum absolute atomic E-state index is 0.543. The standard InChI is InChI=1S/C75H54N2/c1-51-27-44-73-68(47-51)69-48-52(2)28-45-74(69)77(73)63-40-35-57(36-41-63)55-31-29-54(30-32-55)56-33-38-62(39-34-56)76(72-46-37-59(53-17-7-3-8-18-53)49-67(72)58-19-9-4-10-20-58)64-42-43-66-65-25-15-16-26-70(65)75(71(66)50-64,60-21-11-5-12-22-60)61-23-13-6-14-24-61/h3-50H,1-2H3. The Morgan fingerprint density at radius 1 is 0.299 bits per heavy atom. The molecule has 0 unspecified atom stereocenters. The number of rotatable bonds is 10. The van der Waals surface area contributed by atoms with Crippen LogP contribution in [0, 0.1) is 13.8 Å². The van der Waals surface area contributed by atoms with Gasteiger partial charge in [-0.25, -0.2) is 0 Å². The van der Waals surface area contributed by atoms with E-state index in [1.807, 2.05) is 0 Å². The van der Waals surface area contributed by atoms with Crippen LogP contribution in [0.2, 0.25) is 0 Å². The molecule has 77 heavy (non-hydrogen) atoms. The fourth-order valence-corrected chi connectivity index (χ4v) is 12.4. The van der Waals surface area contributed by atoms with Gasteiger partial charge in [0.15, 0.2) is 0 Å². The predicted octanol–water partition coefficient (Wildman–Crippen LogP) is 19.9. The van der Waals surface area contributed by atoms with Crippen molar-refractivity contribution in [2.45, 2.75) is 19.3 Å². The predicted molar refractivity (Wildman–Crippen MR) is 324 cm³/mol. The second-order valence-electron chi connectivity index (χ2n) is 20.6. The van der Waals surface area contributed by atoms with Crippen molar-refractivity contribution in [3.63, 3.8) is 0 Å². The number of hydrogen-bond acceptors (Lipinski definition) is 1. The summed E-state index contributed by atoms with van der Waals surface area (Å²) in [5.41, 5.74) is 25.8. The van der Waals surface area contributed by atoms with Crippen LogP contribution in [0.25, 0.3) is 83.1 Å². The van der Waals surface area contributed by atoms with Gasteiger partial charge in [0, 0.05) is 33.4 Å². The molecule has 13 aromatic rings. The molecule has 0 amide bonds. The number of aryl methyl sites for hydroxylation is 2. The number of hydrogen-bond donors (Lipinski definition) is 0. The van der Waals surface area contributed by atoms with Crippen molar-refractivity contribution < 1.29 is 0 Å². The molecule has 0 N–H and O–H groups in total. The van der Waals surface area contributed by atoms with Gasteiger partial charge in [0.1, 0.15) is 0 Å². The van der Waals surface area contributed by atoms with Crippen molar-refractivity contribution in [1.29, 1.82) is 0 Å². The van der Waals surface area contributed by atoms with E-state index in [4.69, 9.17) is 0 Å². The van der Waals surface area contributed by atoms with E-state index in [-0.39, 0.29) is 0 Å². The third-order valence-electron chi connectivity index (χ3n) is 16.0. The van der Waals surface area contributed by atoms with E-state index >= 15 is 0 Å². The van der Waals surface area contributed by atoms with E-state index in [9.17, 15) is 0 Å². The monoisotopic (exact) mass is 982 g/mol. The van der Waals surface area contributed by atoms with E-state index in [1.54, 1.807) is 0 Å². The fourth-order valence-electron chi connectivity index (χ4n) is 12.4. The molecular formula is C75H54N2. The van der Waals surface area contributed by atoms with Gasteiger partial charge in [-0.15, -0.1) is 0 Å². The lowest BCUT2D eigenvalue weighted by atomic mass is 9.67. The van der Waals surface area contributed by atoms with Crippen LogP contribution >= 0.6 is 0 Å². The Morgan fingerprint density at radius 2 is 0.740 bits per heavy atom. The molecule has 364 valence electrons. The number of aromatic nitrogens is 1. The lowest BCUT2D eigenvalue weighted by molar-refractivity contribution is 0.768. The van der Waals surface area contributed by atoms with Crippen molar-refractivity contribution in [3.8, 4) is 61.3 Å². The summed E-state index contributed by atoms with van der Waals surface area (Å²) >= 11 is 0. The van der Waals surface area contributed by atoms with Gasteiger partial charge >= 0.3 is 0 Å². The van der Waals surface area contributed by atoms with Crippen LogP contribution in [0.5, 0.6) is 0 Å². The van der Waals surface area contributed by atoms with E-state index in [2.05, 4.69) is 315 Å². The molecule has 12 aromatic carbocycles. The minimum atomic E-state index is -0.543. The van der Waals surface area contributed by atoms with Crippen LogP contribution in [0.4, 0.5) is 17.1 Å². The Morgan fingerprint density at radius 3 is 1.31 bits per heavy atom. The molecule has 2 heteroatoms. The average Bonchev–Trinajstić information content (AvgIpc) is 4.08. The van der Waals surface area contributed by atoms with Crippen molar-refractivity contribution >= 4 is 38.9 Å². The molecule has 0 saturated carbocycles. The lowest BCUT2D eigenvalue weighted by Gasteiger charge is -2.35. The first kappa shape index (κ1) is 45.8. The zero-order valence-electron chi connectivity index (χ0n) is 43.1. The smallest absolute Gasteiger partial charge is 0.0714 e. The van der Waals surface area contributed by atoms with Crippen LogP contribution in [-0.4, -0.2) is 4.57 Å². The summed E-state index contributed by atoms with van der Waals surface area (Å²) in [6.45, 7) is 4.35. The van der Waals surface area contributed by atoms with Crippen molar-refractivity contribution in [2.75, 3.05) is 4.90 Å². The molecule has 0 bridgehead atoms. The highest BCUT2D eigenvalue weighted by Gasteiger charge is 2.46. The highest BCUT2D eigenvalue weighted by atomic mass is 15.1.